The van der Waals surface area contributed by atoms with Gasteiger partial charge in [-0.2, -0.15) is 5.26 Å². The zero-order valence-electron chi connectivity index (χ0n) is 9.89. The van der Waals surface area contributed by atoms with Gasteiger partial charge in [0.15, 0.2) is 0 Å². The number of likely N-dealkylation sites (tertiary alicyclic amines) is 1. The maximum atomic E-state index is 12.1. The minimum Gasteiger partial charge on any atom is -0.339 e. The Balaban J connectivity index is 2.06. The molecule has 1 saturated heterocycles. The Kier molecular flexibility index (Phi) is 3.38. The van der Waals surface area contributed by atoms with E-state index in [1.807, 2.05) is 11.0 Å². The summed E-state index contributed by atoms with van der Waals surface area (Å²) in [7, 11) is 0. The SMILES string of the molecule is CC1CCN(C(=O)c2ccc(C#N)nc2)CC1. The molecule has 4 heteroatoms. The van der Waals surface area contributed by atoms with E-state index in [0.29, 0.717) is 17.2 Å². The Hall–Kier alpha value is -1.89. The first-order chi connectivity index (χ1) is 8.20. The van der Waals surface area contributed by atoms with Crippen molar-refractivity contribution in [1.82, 2.24) is 9.88 Å². The van der Waals surface area contributed by atoms with Crippen molar-refractivity contribution in [3.8, 4) is 6.07 Å². The summed E-state index contributed by atoms with van der Waals surface area (Å²) in [5, 5.41) is 8.64. The van der Waals surface area contributed by atoms with Crippen LogP contribution in [0.4, 0.5) is 0 Å². The van der Waals surface area contributed by atoms with Crippen molar-refractivity contribution in [1.29, 1.82) is 5.26 Å². The Labute approximate surface area is 101 Å². The smallest absolute Gasteiger partial charge is 0.255 e. The lowest BCUT2D eigenvalue weighted by Gasteiger charge is -2.30. The molecule has 0 saturated carbocycles. The summed E-state index contributed by atoms with van der Waals surface area (Å²) in [5.41, 5.74) is 0.910. The highest BCUT2D eigenvalue weighted by Crippen LogP contribution is 2.17. The number of nitriles is 1. The van der Waals surface area contributed by atoms with E-state index >= 15 is 0 Å². The van der Waals surface area contributed by atoms with Gasteiger partial charge in [0, 0.05) is 19.3 Å². The standard InChI is InChI=1S/C13H15N3O/c1-10-4-6-16(7-5-10)13(17)11-2-3-12(8-14)15-9-11/h2-3,9-10H,4-7H2,1H3. The predicted molar refractivity (Wildman–Crippen MR) is 63.3 cm³/mol. The van der Waals surface area contributed by atoms with Gasteiger partial charge in [0.2, 0.25) is 0 Å². The number of rotatable bonds is 1. The van der Waals surface area contributed by atoms with Gasteiger partial charge in [-0.15, -0.1) is 0 Å². The van der Waals surface area contributed by atoms with Gasteiger partial charge in [-0.05, 0) is 30.9 Å². The molecule has 1 fully saturated rings. The summed E-state index contributed by atoms with van der Waals surface area (Å²) in [5.74, 6) is 0.729. The molecule has 88 valence electrons. The zero-order valence-corrected chi connectivity index (χ0v) is 9.89. The maximum absolute atomic E-state index is 12.1. The van der Waals surface area contributed by atoms with E-state index < -0.39 is 0 Å². The van der Waals surface area contributed by atoms with E-state index in [0.717, 1.165) is 25.9 Å². The molecule has 0 bridgehead atoms. The first-order valence-corrected chi connectivity index (χ1v) is 5.86. The van der Waals surface area contributed by atoms with Crippen molar-refractivity contribution in [3.05, 3.63) is 29.6 Å². The Bertz CT molecular complexity index is 439. The van der Waals surface area contributed by atoms with Crippen LogP contribution in [0.5, 0.6) is 0 Å². The average molecular weight is 229 g/mol. The van der Waals surface area contributed by atoms with Crippen LogP contribution >= 0.6 is 0 Å². The van der Waals surface area contributed by atoms with Gasteiger partial charge in [0.05, 0.1) is 5.56 Å². The third kappa shape index (κ3) is 2.62. The summed E-state index contributed by atoms with van der Waals surface area (Å²) in [6.45, 7) is 3.85. The topological polar surface area (TPSA) is 57.0 Å². The third-order valence-electron chi connectivity index (χ3n) is 3.20. The zero-order chi connectivity index (χ0) is 12.3. The van der Waals surface area contributed by atoms with Crippen molar-refractivity contribution in [3.63, 3.8) is 0 Å². The monoisotopic (exact) mass is 229 g/mol. The van der Waals surface area contributed by atoms with Crippen LogP contribution in [0, 0.1) is 17.2 Å². The minimum absolute atomic E-state index is 0.0221. The predicted octanol–water partition coefficient (Wildman–Crippen LogP) is 1.83. The Morgan fingerprint density at radius 1 is 1.47 bits per heavy atom. The van der Waals surface area contributed by atoms with Crippen molar-refractivity contribution >= 4 is 5.91 Å². The van der Waals surface area contributed by atoms with Crippen LogP contribution in [0.25, 0.3) is 0 Å². The van der Waals surface area contributed by atoms with Crippen molar-refractivity contribution in [2.75, 3.05) is 13.1 Å². The molecule has 0 unspecified atom stereocenters. The molecule has 2 heterocycles. The normalized spacial score (nSPS) is 16.6. The van der Waals surface area contributed by atoms with Gasteiger partial charge >= 0.3 is 0 Å². The van der Waals surface area contributed by atoms with Crippen LogP contribution in [-0.2, 0) is 0 Å². The van der Waals surface area contributed by atoms with Crippen LogP contribution in [0.1, 0.15) is 35.8 Å². The van der Waals surface area contributed by atoms with E-state index in [9.17, 15) is 4.79 Å². The summed E-state index contributed by atoms with van der Waals surface area (Å²) in [6.07, 6.45) is 3.61. The van der Waals surface area contributed by atoms with Crippen molar-refractivity contribution < 1.29 is 4.79 Å². The second kappa shape index (κ2) is 4.96. The van der Waals surface area contributed by atoms with Crippen LogP contribution in [0.3, 0.4) is 0 Å². The Morgan fingerprint density at radius 2 is 2.18 bits per heavy atom. The fraction of sp³-hybridized carbons (Fsp3) is 0.462. The molecular weight excluding hydrogens is 214 g/mol. The van der Waals surface area contributed by atoms with E-state index in [2.05, 4.69) is 11.9 Å². The van der Waals surface area contributed by atoms with Gasteiger partial charge in [-0.3, -0.25) is 4.79 Å². The molecule has 0 spiro atoms. The number of amides is 1. The largest absolute Gasteiger partial charge is 0.339 e. The minimum atomic E-state index is 0.0221. The molecule has 1 aromatic heterocycles. The molecule has 0 radical (unpaired) electrons. The lowest BCUT2D eigenvalue weighted by Crippen LogP contribution is -2.37. The van der Waals surface area contributed by atoms with Gasteiger partial charge in [-0.1, -0.05) is 6.92 Å². The number of aromatic nitrogens is 1. The summed E-state index contributed by atoms with van der Waals surface area (Å²) < 4.78 is 0. The highest BCUT2D eigenvalue weighted by Gasteiger charge is 2.21. The number of hydrogen-bond donors (Lipinski definition) is 0. The number of carbonyl (C=O) groups is 1. The Morgan fingerprint density at radius 3 is 2.71 bits per heavy atom. The van der Waals surface area contributed by atoms with Gasteiger partial charge < -0.3 is 4.90 Å². The van der Waals surface area contributed by atoms with Crippen LogP contribution in [0.15, 0.2) is 18.3 Å². The van der Waals surface area contributed by atoms with Gasteiger partial charge in [-0.25, -0.2) is 4.98 Å². The molecule has 1 aromatic rings. The average Bonchev–Trinajstić information content (AvgIpc) is 2.39. The number of pyridine rings is 1. The van der Waals surface area contributed by atoms with E-state index in [-0.39, 0.29) is 5.91 Å². The summed E-state index contributed by atoms with van der Waals surface area (Å²) in [6, 6.07) is 5.20. The fourth-order valence-electron chi connectivity index (χ4n) is 1.98. The van der Waals surface area contributed by atoms with Gasteiger partial charge in [0.1, 0.15) is 11.8 Å². The number of hydrogen-bond acceptors (Lipinski definition) is 3. The maximum Gasteiger partial charge on any atom is 0.255 e. The van der Waals surface area contributed by atoms with E-state index in [1.54, 1.807) is 12.1 Å². The molecule has 0 atom stereocenters. The van der Waals surface area contributed by atoms with Gasteiger partial charge in [0.25, 0.3) is 5.91 Å². The molecule has 0 aliphatic carbocycles. The van der Waals surface area contributed by atoms with Crippen LogP contribution < -0.4 is 0 Å². The highest BCUT2D eigenvalue weighted by molar-refractivity contribution is 5.94. The second-order valence-corrected chi connectivity index (χ2v) is 4.52. The molecule has 0 N–H and O–H groups in total. The molecule has 2 rings (SSSR count). The molecule has 1 aliphatic rings. The second-order valence-electron chi connectivity index (χ2n) is 4.52. The van der Waals surface area contributed by atoms with Crippen molar-refractivity contribution in [2.24, 2.45) is 5.92 Å². The summed E-state index contributed by atoms with van der Waals surface area (Å²) >= 11 is 0. The lowest BCUT2D eigenvalue weighted by molar-refractivity contribution is 0.0697. The van der Waals surface area contributed by atoms with E-state index in [4.69, 9.17) is 5.26 Å². The molecule has 1 aliphatic heterocycles. The highest BCUT2D eigenvalue weighted by atomic mass is 16.2. The lowest BCUT2D eigenvalue weighted by atomic mass is 9.99. The molecule has 1 amide bonds. The molecule has 17 heavy (non-hydrogen) atoms. The first-order valence-electron chi connectivity index (χ1n) is 5.86. The van der Waals surface area contributed by atoms with E-state index in [1.165, 1.54) is 6.20 Å². The van der Waals surface area contributed by atoms with Crippen LogP contribution in [0.2, 0.25) is 0 Å². The number of nitrogens with zero attached hydrogens (tertiary/aromatic N) is 3. The first kappa shape index (κ1) is 11.6. The third-order valence-corrected chi connectivity index (χ3v) is 3.20. The molecule has 4 nitrogen and oxygen atoms in total. The molecular formula is C13H15N3O. The van der Waals surface area contributed by atoms with Crippen LogP contribution in [-0.4, -0.2) is 28.9 Å². The fourth-order valence-corrected chi connectivity index (χ4v) is 1.98. The summed E-state index contributed by atoms with van der Waals surface area (Å²) in [4.78, 5) is 17.9. The van der Waals surface area contributed by atoms with Crippen molar-refractivity contribution in [2.45, 2.75) is 19.8 Å². The number of piperidine rings is 1. The molecule has 0 aromatic carbocycles. The quantitative estimate of drug-likeness (QED) is 0.738. The number of carbonyl (C=O) groups excluding carboxylic acids is 1.